The van der Waals surface area contributed by atoms with Crippen LogP contribution < -0.4 is 4.90 Å². The smallest absolute Gasteiger partial charge is 0.328 e. The minimum Gasteiger partial charge on any atom is -0.478 e. The number of hydrogen-bond acceptors (Lipinski definition) is 3. The monoisotopic (exact) mass is 289 g/mol. The zero-order chi connectivity index (χ0) is 16.0. The number of allylic oxidation sites excluding steroid dienone is 2. The predicted octanol–water partition coefficient (Wildman–Crippen LogP) is 3.01. The Labute approximate surface area is 126 Å². The molecule has 114 valence electrons. The van der Waals surface area contributed by atoms with Crippen LogP contribution in [0.1, 0.15) is 25.5 Å². The number of carbonyl (C=O) groups is 1. The van der Waals surface area contributed by atoms with Gasteiger partial charge in [-0.3, -0.25) is 0 Å². The summed E-state index contributed by atoms with van der Waals surface area (Å²) >= 11 is 0. The summed E-state index contributed by atoms with van der Waals surface area (Å²) in [5.74, 6) is -1.08. The Morgan fingerprint density at radius 3 is 2.24 bits per heavy atom. The summed E-state index contributed by atoms with van der Waals surface area (Å²) in [7, 11) is 3.93. The summed E-state index contributed by atoms with van der Waals surface area (Å²) in [5, 5.41) is 18.9. The fourth-order valence-corrected chi connectivity index (χ4v) is 2.04. The van der Waals surface area contributed by atoms with E-state index in [1.807, 2.05) is 63.2 Å². The van der Waals surface area contributed by atoms with Gasteiger partial charge in [-0.2, -0.15) is 0 Å². The highest BCUT2D eigenvalue weighted by Crippen LogP contribution is 2.25. The SMILES string of the molecule is CC(/C=C/C(=O)O)=C\C(C)C(O)c1ccc(N(C)C)cc1. The quantitative estimate of drug-likeness (QED) is 0.624. The first-order chi connectivity index (χ1) is 9.81. The number of carboxylic acids is 1. The van der Waals surface area contributed by atoms with Gasteiger partial charge in [0.2, 0.25) is 0 Å². The van der Waals surface area contributed by atoms with Gasteiger partial charge in [0.25, 0.3) is 0 Å². The molecule has 0 fully saturated rings. The van der Waals surface area contributed by atoms with Crippen LogP contribution >= 0.6 is 0 Å². The standard InChI is InChI=1S/C17H23NO3/c1-12(5-10-16(19)20)11-13(2)17(21)14-6-8-15(9-7-14)18(3)4/h5-11,13,17,21H,1-4H3,(H,19,20)/b10-5+,12-11+. The molecule has 2 unspecified atom stereocenters. The van der Waals surface area contributed by atoms with Gasteiger partial charge in [0.1, 0.15) is 0 Å². The minimum absolute atomic E-state index is 0.103. The molecule has 1 rings (SSSR count). The molecule has 2 atom stereocenters. The Balaban J connectivity index is 2.80. The lowest BCUT2D eigenvalue weighted by Gasteiger charge is -2.18. The Hall–Kier alpha value is -2.07. The molecule has 0 saturated heterocycles. The van der Waals surface area contributed by atoms with E-state index in [-0.39, 0.29) is 5.92 Å². The van der Waals surface area contributed by atoms with Gasteiger partial charge in [-0.05, 0) is 24.6 Å². The number of rotatable bonds is 6. The van der Waals surface area contributed by atoms with E-state index >= 15 is 0 Å². The molecule has 1 aromatic carbocycles. The zero-order valence-corrected chi connectivity index (χ0v) is 12.9. The number of aliphatic hydroxyl groups is 1. The first kappa shape index (κ1) is 17.0. The second kappa shape index (κ2) is 7.64. The summed E-state index contributed by atoms with van der Waals surface area (Å²) in [6.07, 6.45) is 3.87. The van der Waals surface area contributed by atoms with Crippen LogP contribution in [0, 0.1) is 5.92 Å². The topological polar surface area (TPSA) is 60.8 Å². The molecule has 0 aromatic heterocycles. The van der Waals surface area contributed by atoms with Crippen molar-refractivity contribution in [3.8, 4) is 0 Å². The maximum atomic E-state index is 10.5. The molecule has 4 nitrogen and oxygen atoms in total. The lowest BCUT2D eigenvalue weighted by Crippen LogP contribution is -2.10. The van der Waals surface area contributed by atoms with E-state index in [1.54, 1.807) is 0 Å². The van der Waals surface area contributed by atoms with Gasteiger partial charge in [-0.25, -0.2) is 4.79 Å². The van der Waals surface area contributed by atoms with Crippen LogP contribution in [0.2, 0.25) is 0 Å². The second-order valence-electron chi connectivity index (χ2n) is 5.37. The van der Waals surface area contributed by atoms with Crippen molar-refractivity contribution in [2.45, 2.75) is 20.0 Å². The molecule has 0 radical (unpaired) electrons. The lowest BCUT2D eigenvalue weighted by molar-refractivity contribution is -0.131. The largest absolute Gasteiger partial charge is 0.478 e. The number of aliphatic hydroxyl groups excluding tert-OH is 1. The highest BCUT2D eigenvalue weighted by atomic mass is 16.4. The molecule has 2 N–H and O–H groups in total. The number of benzene rings is 1. The van der Waals surface area contributed by atoms with Crippen LogP contribution in [0.5, 0.6) is 0 Å². The molecule has 0 saturated carbocycles. The molecule has 0 heterocycles. The van der Waals surface area contributed by atoms with Crippen LogP contribution in [-0.4, -0.2) is 30.3 Å². The van der Waals surface area contributed by atoms with Gasteiger partial charge in [-0.15, -0.1) is 0 Å². The van der Waals surface area contributed by atoms with E-state index in [4.69, 9.17) is 5.11 Å². The van der Waals surface area contributed by atoms with Crippen LogP contribution in [0.15, 0.2) is 48.1 Å². The third-order valence-corrected chi connectivity index (χ3v) is 3.26. The summed E-state index contributed by atoms with van der Waals surface area (Å²) in [6, 6.07) is 7.75. The van der Waals surface area contributed by atoms with Crippen molar-refractivity contribution in [1.29, 1.82) is 0 Å². The van der Waals surface area contributed by atoms with Gasteiger partial charge >= 0.3 is 5.97 Å². The van der Waals surface area contributed by atoms with Gasteiger partial charge < -0.3 is 15.1 Å². The maximum Gasteiger partial charge on any atom is 0.328 e. The predicted molar refractivity (Wildman–Crippen MR) is 85.4 cm³/mol. The van der Waals surface area contributed by atoms with E-state index in [9.17, 15) is 9.90 Å². The first-order valence-electron chi connectivity index (χ1n) is 6.86. The Morgan fingerprint density at radius 1 is 1.19 bits per heavy atom. The van der Waals surface area contributed by atoms with Crippen molar-refractivity contribution >= 4 is 11.7 Å². The van der Waals surface area contributed by atoms with Gasteiger partial charge in [0.15, 0.2) is 0 Å². The molecular formula is C17H23NO3. The van der Waals surface area contributed by atoms with Crippen molar-refractivity contribution in [2.75, 3.05) is 19.0 Å². The van der Waals surface area contributed by atoms with E-state index < -0.39 is 12.1 Å². The van der Waals surface area contributed by atoms with Crippen molar-refractivity contribution in [2.24, 2.45) is 5.92 Å². The summed E-state index contributed by atoms with van der Waals surface area (Å²) in [6.45, 7) is 3.72. The van der Waals surface area contributed by atoms with E-state index in [1.165, 1.54) is 6.08 Å². The van der Waals surface area contributed by atoms with Gasteiger partial charge in [0.05, 0.1) is 6.10 Å². The highest BCUT2D eigenvalue weighted by Gasteiger charge is 2.14. The molecule has 0 aliphatic carbocycles. The molecule has 0 amide bonds. The molecule has 1 aromatic rings. The normalized spacial score (nSPS) is 15.0. The molecule has 0 bridgehead atoms. The van der Waals surface area contributed by atoms with Gasteiger partial charge in [0, 0.05) is 31.8 Å². The number of carboxylic acid groups (broad SMARTS) is 1. The van der Waals surface area contributed by atoms with Crippen LogP contribution in [0.25, 0.3) is 0 Å². The second-order valence-corrected chi connectivity index (χ2v) is 5.37. The fourth-order valence-electron chi connectivity index (χ4n) is 2.04. The molecular weight excluding hydrogens is 266 g/mol. The van der Waals surface area contributed by atoms with Crippen molar-refractivity contribution in [3.63, 3.8) is 0 Å². The third kappa shape index (κ3) is 5.44. The first-order valence-corrected chi connectivity index (χ1v) is 6.86. The zero-order valence-electron chi connectivity index (χ0n) is 12.9. The van der Waals surface area contributed by atoms with Crippen molar-refractivity contribution < 1.29 is 15.0 Å². The summed E-state index contributed by atoms with van der Waals surface area (Å²) in [4.78, 5) is 12.5. The third-order valence-electron chi connectivity index (χ3n) is 3.26. The molecule has 0 aliphatic heterocycles. The average Bonchev–Trinajstić information content (AvgIpc) is 2.44. The molecule has 21 heavy (non-hydrogen) atoms. The highest BCUT2D eigenvalue weighted by molar-refractivity contribution is 5.80. The van der Waals surface area contributed by atoms with E-state index in [0.29, 0.717) is 0 Å². The lowest BCUT2D eigenvalue weighted by atomic mass is 9.95. The number of anilines is 1. The maximum absolute atomic E-state index is 10.5. The van der Waals surface area contributed by atoms with Crippen LogP contribution in [0.4, 0.5) is 5.69 Å². The fraction of sp³-hybridized carbons (Fsp3) is 0.353. The number of aliphatic carboxylic acids is 1. The van der Waals surface area contributed by atoms with E-state index in [2.05, 4.69) is 0 Å². The van der Waals surface area contributed by atoms with E-state index in [0.717, 1.165) is 22.9 Å². The summed E-state index contributed by atoms with van der Waals surface area (Å²) in [5.41, 5.74) is 2.74. The Bertz CT molecular complexity index is 529. The minimum atomic E-state index is -0.977. The van der Waals surface area contributed by atoms with Gasteiger partial charge in [-0.1, -0.05) is 36.8 Å². The molecule has 0 aliphatic rings. The van der Waals surface area contributed by atoms with Crippen LogP contribution in [-0.2, 0) is 4.79 Å². The van der Waals surface area contributed by atoms with Crippen molar-refractivity contribution in [1.82, 2.24) is 0 Å². The Morgan fingerprint density at radius 2 is 1.76 bits per heavy atom. The number of hydrogen-bond donors (Lipinski definition) is 2. The summed E-state index contributed by atoms with van der Waals surface area (Å²) < 4.78 is 0. The molecule has 0 spiro atoms. The number of nitrogens with zero attached hydrogens (tertiary/aromatic N) is 1. The Kier molecular flexibility index (Phi) is 6.18. The van der Waals surface area contributed by atoms with Crippen LogP contribution in [0.3, 0.4) is 0 Å². The molecule has 4 heteroatoms. The average molecular weight is 289 g/mol. The van der Waals surface area contributed by atoms with Crippen molar-refractivity contribution in [3.05, 3.63) is 53.6 Å².